The molecule has 0 radical (unpaired) electrons. The highest BCUT2D eigenvalue weighted by molar-refractivity contribution is 7.15. The van der Waals surface area contributed by atoms with Crippen LogP contribution >= 0.6 is 22.9 Å². The first-order chi connectivity index (χ1) is 11.0. The van der Waals surface area contributed by atoms with Gasteiger partial charge in [0.1, 0.15) is 10.8 Å². The van der Waals surface area contributed by atoms with Gasteiger partial charge in [-0.15, -0.1) is 10.2 Å². The number of carbonyl (C=O) groups excluding carboxylic acids is 1. The van der Waals surface area contributed by atoms with E-state index in [1.165, 1.54) is 11.3 Å². The van der Waals surface area contributed by atoms with E-state index in [2.05, 4.69) is 29.4 Å². The van der Waals surface area contributed by atoms with Crippen molar-refractivity contribution in [3.8, 4) is 5.75 Å². The maximum absolute atomic E-state index is 12.0. The molecule has 0 aliphatic rings. The summed E-state index contributed by atoms with van der Waals surface area (Å²) in [5.41, 5.74) is 0.886. The number of benzene rings is 1. The topological polar surface area (TPSA) is 64.1 Å². The number of amides is 1. The molecule has 0 aliphatic carbocycles. The SMILES string of the molecule is CCC(CC)c1nnc(NC(=O)COc2ccc(Cl)cc2C)s1. The Balaban J connectivity index is 1.90. The molecule has 0 aliphatic heterocycles. The summed E-state index contributed by atoms with van der Waals surface area (Å²) in [7, 11) is 0. The average Bonchev–Trinajstić information content (AvgIpc) is 2.96. The van der Waals surface area contributed by atoms with Crippen LogP contribution in [0.1, 0.15) is 43.2 Å². The number of hydrogen-bond donors (Lipinski definition) is 1. The van der Waals surface area contributed by atoms with E-state index in [1.54, 1.807) is 18.2 Å². The summed E-state index contributed by atoms with van der Waals surface area (Å²) < 4.78 is 5.51. The largest absolute Gasteiger partial charge is 0.483 e. The average molecular weight is 354 g/mol. The zero-order valence-electron chi connectivity index (χ0n) is 13.4. The summed E-state index contributed by atoms with van der Waals surface area (Å²) in [6.45, 7) is 6.04. The van der Waals surface area contributed by atoms with Crippen LogP contribution in [0.2, 0.25) is 5.02 Å². The standard InChI is InChI=1S/C16H20ClN3O2S/c1-4-11(5-2)15-19-20-16(23-15)18-14(21)9-22-13-7-6-12(17)8-10(13)3/h6-8,11H,4-5,9H2,1-3H3,(H,18,20,21). The normalized spacial score (nSPS) is 10.8. The number of carbonyl (C=O) groups is 1. The van der Waals surface area contributed by atoms with Crippen molar-refractivity contribution in [3.05, 3.63) is 33.8 Å². The summed E-state index contributed by atoms with van der Waals surface area (Å²) >= 11 is 7.31. The van der Waals surface area contributed by atoms with Crippen LogP contribution in [0, 0.1) is 6.92 Å². The summed E-state index contributed by atoms with van der Waals surface area (Å²) in [6, 6.07) is 5.27. The molecule has 1 aromatic carbocycles. The van der Waals surface area contributed by atoms with Crippen molar-refractivity contribution >= 4 is 34.0 Å². The molecule has 1 N–H and O–H groups in total. The highest BCUT2D eigenvalue weighted by Gasteiger charge is 2.15. The van der Waals surface area contributed by atoms with Crippen LogP contribution in [-0.4, -0.2) is 22.7 Å². The van der Waals surface area contributed by atoms with Gasteiger partial charge in [-0.3, -0.25) is 10.1 Å². The maximum atomic E-state index is 12.0. The minimum absolute atomic E-state index is 0.0810. The van der Waals surface area contributed by atoms with E-state index < -0.39 is 0 Å². The van der Waals surface area contributed by atoms with Crippen LogP contribution in [0.4, 0.5) is 5.13 Å². The van der Waals surface area contributed by atoms with Crippen LogP contribution in [-0.2, 0) is 4.79 Å². The lowest BCUT2D eigenvalue weighted by Crippen LogP contribution is -2.20. The van der Waals surface area contributed by atoms with Crippen LogP contribution < -0.4 is 10.1 Å². The van der Waals surface area contributed by atoms with E-state index in [0.717, 1.165) is 23.4 Å². The number of nitrogens with zero attached hydrogens (tertiary/aromatic N) is 2. The second kappa shape index (κ2) is 8.26. The van der Waals surface area contributed by atoms with E-state index in [9.17, 15) is 4.79 Å². The minimum atomic E-state index is -0.258. The van der Waals surface area contributed by atoms with Gasteiger partial charge in [0.2, 0.25) is 5.13 Å². The Hall–Kier alpha value is -1.66. The fraction of sp³-hybridized carbons (Fsp3) is 0.438. The van der Waals surface area contributed by atoms with Gasteiger partial charge in [0.25, 0.3) is 5.91 Å². The van der Waals surface area contributed by atoms with E-state index >= 15 is 0 Å². The number of rotatable bonds is 7. The zero-order valence-corrected chi connectivity index (χ0v) is 15.0. The third kappa shape index (κ3) is 4.91. The lowest BCUT2D eigenvalue weighted by molar-refractivity contribution is -0.118. The van der Waals surface area contributed by atoms with Crippen molar-refractivity contribution in [2.24, 2.45) is 0 Å². The molecular weight excluding hydrogens is 334 g/mol. The van der Waals surface area contributed by atoms with Gasteiger partial charge in [0, 0.05) is 10.9 Å². The Morgan fingerprint density at radius 3 is 2.74 bits per heavy atom. The second-order valence-corrected chi connectivity index (χ2v) is 6.65. The first-order valence-corrected chi connectivity index (χ1v) is 8.75. The lowest BCUT2D eigenvalue weighted by Gasteiger charge is -2.08. The van der Waals surface area contributed by atoms with Gasteiger partial charge >= 0.3 is 0 Å². The van der Waals surface area contributed by atoms with Crippen molar-refractivity contribution in [1.82, 2.24) is 10.2 Å². The van der Waals surface area contributed by atoms with Gasteiger partial charge in [0.05, 0.1) is 0 Å². The van der Waals surface area contributed by atoms with Gasteiger partial charge in [-0.1, -0.05) is 36.8 Å². The second-order valence-electron chi connectivity index (χ2n) is 5.21. The Kier molecular flexibility index (Phi) is 6.36. The van der Waals surface area contributed by atoms with Crippen molar-refractivity contribution in [2.45, 2.75) is 39.5 Å². The molecule has 5 nitrogen and oxygen atoms in total. The first kappa shape index (κ1) is 17.7. The number of nitrogens with one attached hydrogen (secondary N) is 1. The monoisotopic (exact) mass is 353 g/mol. The fourth-order valence-corrected chi connectivity index (χ4v) is 3.41. The predicted octanol–water partition coefficient (Wildman–Crippen LogP) is 4.42. The third-order valence-corrected chi connectivity index (χ3v) is 4.75. The van der Waals surface area contributed by atoms with Crippen LogP contribution in [0.25, 0.3) is 0 Å². The third-order valence-electron chi connectivity index (χ3n) is 3.52. The molecule has 0 atom stereocenters. The van der Waals surface area contributed by atoms with Crippen molar-refractivity contribution < 1.29 is 9.53 Å². The molecule has 124 valence electrons. The molecule has 0 unspecified atom stereocenters. The molecule has 0 saturated carbocycles. The van der Waals surface area contributed by atoms with Gasteiger partial charge in [-0.05, 0) is 43.5 Å². The van der Waals surface area contributed by atoms with E-state index in [0.29, 0.717) is 21.8 Å². The molecule has 7 heteroatoms. The maximum Gasteiger partial charge on any atom is 0.264 e. The van der Waals surface area contributed by atoms with Gasteiger partial charge in [-0.25, -0.2) is 0 Å². The number of aromatic nitrogens is 2. The van der Waals surface area contributed by atoms with Gasteiger partial charge in [0.15, 0.2) is 6.61 Å². The molecule has 0 fully saturated rings. The summed E-state index contributed by atoms with van der Waals surface area (Å²) in [6.07, 6.45) is 2.02. The van der Waals surface area contributed by atoms with E-state index in [4.69, 9.17) is 16.3 Å². The number of anilines is 1. The molecule has 2 aromatic rings. The highest BCUT2D eigenvalue weighted by Crippen LogP contribution is 2.28. The van der Waals surface area contributed by atoms with E-state index in [-0.39, 0.29) is 12.5 Å². The predicted molar refractivity (Wildman–Crippen MR) is 93.5 cm³/mol. The number of aryl methyl sites for hydroxylation is 1. The molecule has 1 amide bonds. The molecule has 0 saturated heterocycles. The zero-order chi connectivity index (χ0) is 16.8. The smallest absolute Gasteiger partial charge is 0.264 e. The van der Waals surface area contributed by atoms with Crippen LogP contribution in [0.5, 0.6) is 5.75 Å². The summed E-state index contributed by atoms with van der Waals surface area (Å²) in [4.78, 5) is 12.0. The Morgan fingerprint density at radius 2 is 2.09 bits per heavy atom. The first-order valence-electron chi connectivity index (χ1n) is 7.55. The van der Waals surface area contributed by atoms with Crippen molar-refractivity contribution in [2.75, 3.05) is 11.9 Å². The Labute approximate surface area is 145 Å². The quantitative estimate of drug-likeness (QED) is 0.800. The Morgan fingerprint density at radius 1 is 1.35 bits per heavy atom. The van der Waals surface area contributed by atoms with Crippen molar-refractivity contribution in [1.29, 1.82) is 0 Å². The molecule has 1 heterocycles. The van der Waals surface area contributed by atoms with Crippen LogP contribution in [0.15, 0.2) is 18.2 Å². The van der Waals surface area contributed by atoms with Crippen molar-refractivity contribution in [3.63, 3.8) is 0 Å². The van der Waals surface area contributed by atoms with Gasteiger partial charge < -0.3 is 4.74 Å². The highest BCUT2D eigenvalue weighted by atomic mass is 35.5. The molecular formula is C16H20ClN3O2S. The number of halogens is 1. The van der Waals surface area contributed by atoms with Gasteiger partial charge in [-0.2, -0.15) is 0 Å². The number of ether oxygens (including phenoxy) is 1. The minimum Gasteiger partial charge on any atom is -0.483 e. The van der Waals surface area contributed by atoms with E-state index in [1.807, 2.05) is 6.92 Å². The lowest BCUT2D eigenvalue weighted by atomic mass is 10.1. The number of hydrogen-bond acceptors (Lipinski definition) is 5. The Bertz CT molecular complexity index is 671. The molecule has 0 spiro atoms. The summed E-state index contributed by atoms with van der Waals surface area (Å²) in [5, 5.41) is 13.0. The molecule has 2 rings (SSSR count). The van der Waals surface area contributed by atoms with Crippen LogP contribution in [0.3, 0.4) is 0 Å². The fourth-order valence-electron chi connectivity index (χ4n) is 2.16. The summed E-state index contributed by atoms with van der Waals surface area (Å²) in [5.74, 6) is 0.775. The molecule has 1 aromatic heterocycles. The molecule has 0 bridgehead atoms. The molecule has 23 heavy (non-hydrogen) atoms.